The van der Waals surface area contributed by atoms with Crippen molar-refractivity contribution in [1.29, 1.82) is 0 Å². The molecule has 0 unspecified atom stereocenters. The second-order valence-electron chi connectivity index (χ2n) is 5.27. The molecular formula is C10H24N2+2. The van der Waals surface area contributed by atoms with E-state index in [2.05, 4.69) is 26.5 Å². The molecule has 1 aliphatic rings. The van der Waals surface area contributed by atoms with Crippen molar-refractivity contribution in [3.05, 3.63) is 0 Å². The first kappa shape index (κ1) is 10.0. The number of likely N-dealkylation sites (tertiary alicyclic amines) is 1. The number of hydrogen-bond acceptors (Lipinski definition) is 0. The molecule has 0 aromatic heterocycles. The molecule has 12 heavy (non-hydrogen) atoms. The van der Waals surface area contributed by atoms with Gasteiger partial charge in [0.15, 0.2) is 0 Å². The molecule has 1 saturated heterocycles. The summed E-state index contributed by atoms with van der Waals surface area (Å²) in [7, 11) is 0. The van der Waals surface area contributed by atoms with Gasteiger partial charge in [0.1, 0.15) is 12.1 Å². The minimum atomic E-state index is 0.260. The zero-order valence-electron chi connectivity index (χ0n) is 8.82. The highest BCUT2D eigenvalue weighted by Gasteiger charge is 2.26. The van der Waals surface area contributed by atoms with Crippen LogP contribution in [0.25, 0.3) is 0 Å². The Bertz CT molecular complexity index is 129. The summed E-state index contributed by atoms with van der Waals surface area (Å²) in [6.45, 7) is 10.8. The van der Waals surface area contributed by atoms with E-state index >= 15 is 0 Å². The van der Waals surface area contributed by atoms with E-state index < -0.39 is 0 Å². The Morgan fingerprint density at radius 2 is 1.83 bits per heavy atom. The predicted molar refractivity (Wildman–Crippen MR) is 50.9 cm³/mol. The molecule has 1 aliphatic heterocycles. The Hall–Kier alpha value is -0.0800. The summed E-state index contributed by atoms with van der Waals surface area (Å²) in [6, 6.07) is 0. The molecule has 72 valence electrons. The van der Waals surface area contributed by atoms with Crippen LogP contribution < -0.4 is 10.6 Å². The molecule has 4 N–H and O–H groups in total. The van der Waals surface area contributed by atoms with Gasteiger partial charge in [0.2, 0.25) is 0 Å². The lowest BCUT2D eigenvalue weighted by Crippen LogP contribution is -3.16. The average Bonchev–Trinajstić information content (AvgIpc) is 1.91. The SMILES string of the molecule is CC1CC[NH+](CC(C)(C)[NH3+])CC1. The van der Waals surface area contributed by atoms with Crippen LogP contribution in [0.4, 0.5) is 0 Å². The summed E-state index contributed by atoms with van der Waals surface area (Å²) in [4.78, 5) is 1.76. The first-order valence-corrected chi connectivity index (χ1v) is 5.16. The molecule has 0 spiro atoms. The van der Waals surface area contributed by atoms with Crippen LogP contribution in [0.3, 0.4) is 0 Å². The van der Waals surface area contributed by atoms with Crippen molar-refractivity contribution in [2.45, 2.75) is 39.2 Å². The number of rotatable bonds is 2. The van der Waals surface area contributed by atoms with Crippen LogP contribution in [0.2, 0.25) is 0 Å². The third-order valence-corrected chi connectivity index (χ3v) is 2.71. The smallest absolute Gasteiger partial charge is 0.138 e. The van der Waals surface area contributed by atoms with Crippen molar-refractivity contribution in [3.8, 4) is 0 Å². The third-order valence-electron chi connectivity index (χ3n) is 2.71. The zero-order chi connectivity index (χ0) is 9.19. The fraction of sp³-hybridized carbons (Fsp3) is 1.00. The highest BCUT2D eigenvalue weighted by molar-refractivity contribution is 4.62. The van der Waals surface area contributed by atoms with Crippen LogP contribution in [0.1, 0.15) is 33.6 Å². The molecule has 0 atom stereocenters. The third kappa shape index (κ3) is 3.55. The summed E-state index contributed by atoms with van der Waals surface area (Å²) in [5, 5.41) is 0. The fourth-order valence-electron chi connectivity index (χ4n) is 2.02. The van der Waals surface area contributed by atoms with Gasteiger partial charge < -0.3 is 10.6 Å². The number of nitrogens with one attached hydrogen (secondary N) is 1. The first-order valence-electron chi connectivity index (χ1n) is 5.16. The summed E-state index contributed by atoms with van der Waals surface area (Å²) < 4.78 is 0. The highest BCUT2D eigenvalue weighted by Crippen LogP contribution is 2.06. The molecule has 0 saturated carbocycles. The van der Waals surface area contributed by atoms with Crippen molar-refractivity contribution in [1.82, 2.24) is 0 Å². The standard InChI is InChI=1S/C10H22N2/c1-9-4-6-12(7-5-9)8-10(2,3)11/h9H,4-8,11H2,1-3H3/p+2. The molecule has 0 aromatic rings. The first-order chi connectivity index (χ1) is 5.47. The van der Waals surface area contributed by atoms with Crippen molar-refractivity contribution < 1.29 is 10.6 Å². The second kappa shape index (κ2) is 3.75. The van der Waals surface area contributed by atoms with Crippen LogP contribution in [-0.4, -0.2) is 25.2 Å². The summed E-state index contributed by atoms with van der Waals surface area (Å²) >= 11 is 0. The van der Waals surface area contributed by atoms with Crippen molar-refractivity contribution >= 4 is 0 Å². The van der Waals surface area contributed by atoms with Gasteiger partial charge in [-0.25, -0.2) is 0 Å². The maximum atomic E-state index is 4.16. The fourth-order valence-corrected chi connectivity index (χ4v) is 2.02. The summed E-state index contributed by atoms with van der Waals surface area (Å²) in [5.74, 6) is 0.960. The Labute approximate surface area is 76.1 Å². The molecule has 0 radical (unpaired) electrons. The van der Waals surface area contributed by atoms with Gasteiger partial charge in [-0.15, -0.1) is 0 Å². The average molecular weight is 172 g/mol. The van der Waals surface area contributed by atoms with Gasteiger partial charge in [0.25, 0.3) is 0 Å². The topological polar surface area (TPSA) is 32.1 Å². The molecule has 1 rings (SSSR count). The van der Waals surface area contributed by atoms with E-state index in [-0.39, 0.29) is 5.54 Å². The minimum absolute atomic E-state index is 0.260. The van der Waals surface area contributed by atoms with Crippen LogP contribution in [0.5, 0.6) is 0 Å². The van der Waals surface area contributed by atoms with Gasteiger partial charge in [-0.3, -0.25) is 0 Å². The lowest BCUT2D eigenvalue weighted by molar-refractivity contribution is -0.919. The lowest BCUT2D eigenvalue weighted by atomic mass is 9.97. The van der Waals surface area contributed by atoms with Gasteiger partial charge in [-0.05, 0) is 32.6 Å². The largest absolute Gasteiger partial charge is 0.349 e. The van der Waals surface area contributed by atoms with Crippen molar-refractivity contribution in [3.63, 3.8) is 0 Å². The van der Waals surface area contributed by atoms with Gasteiger partial charge >= 0.3 is 0 Å². The van der Waals surface area contributed by atoms with Crippen molar-refractivity contribution in [2.75, 3.05) is 19.6 Å². The van der Waals surface area contributed by atoms with Crippen molar-refractivity contribution in [2.24, 2.45) is 5.92 Å². The monoisotopic (exact) mass is 172 g/mol. The number of hydrogen-bond donors (Lipinski definition) is 2. The Kier molecular flexibility index (Phi) is 3.13. The normalized spacial score (nSPS) is 32.0. The molecule has 0 aromatic carbocycles. The molecule has 0 bridgehead atoms. The maximum Gasteiger partial charge on any atom is 0.138 e. The predicted octanol–water partition coefficient (Wildman–Crippen LogP) is -0.678. The van der Waals surface area contributed by atoms with E-state index in [1.807, 2.05) is 0 Å². The van der Waals surface area contributed by atoms with E-state index in [9.17, 15) is 0 Å². The second-order valence-corrected chi connectivity index (χ2v) is 5.27. The molecule has 1 fully saturated rings. The molecule has 0 aliphatic carbocycles. The Morgan fingerprint density at radius 3 is 2.25 bits per heavy atom. The quantitative estimate of drug-likeness (QED) is 0.553. The Morgan fingerprint density at radius 1 is 1.33 bits per heavy atom. The number of piperidine rings is 1. The van der Waals surface area contributed by atoms with E-state index in [4.69, 9.17) is 0 Å². The van der Waals surface area contributed by atoms with Gasteiger partial charge in [0, 0.05) is 0 Å². The van der Waals surface area contributed by atoms with E-state index in [0.29, 0.717) is 0 Å². The minimum Gasteiger partial charge on any atom is -0.349 e. The zero-order valence-corrected chi connectivity index (χ0v) is 8.82. The highest BCUT2D eigenvalue weighted by atomic mass is 15.1. The molecule has 0 amide bonds. The lowest BCUT2D eigenvalue weighted by Gasteiger charge is -2.30. The van der Waals surface area contributed by atoms with Crippen LogP contribution in [-0.2, 0) is 0 Å². The molecule has 2 nitrogen and oxygen atoms in total. The number of quaternary nitrogens is 2. The van der Waals surface area contributed by atoms with Gasteiger partial charge in [0.05, 0.1) is 13.1 Å². The summed E-state index contributed by atoms with van der Waals surface area (Å²) in [6.07, 6.45) is 2.82. The van der Waals surface area contributed by atoms with Crippen LogP contribution >= 0.6 is 0 Å². The van der Waals surface area contributed by atoms with Crippen LogP contribution in [0, 0.1) is 5.92 Å². The van der Waals surface area contributed by atoms with E-state index in [0.717, 1.165) is 5.92 Å². The molecule has 1 heterocycles. The van der Waals surface area contributed by atoms with Gasteiger partial charge in [-0.1, -0.05) is 6.92 Å². The van der Waals surface area contributed by atoms with Gasteiger partial charge in [-0.2, -0.15) is 0 Å². The van der Waals surface area contributed by atoms with E-state index in [1.165, 1.54) is 32.5 Å². The van der Waals surface area contributed by atoms with E-state index in [1.54, 1.807) is 4.90 Å². The summed E-state index contributed by atoms with van der Waals surface area (Å²) in [5.41, 5.74) is 4.42. The molecular weight excluding hydrogens is 148 g/mol. The van der Waals surface area contributed by atoms with Crippen LogP contribution in [0.15, 0.2) is 0 Å². The molecule has 2 heteroatoms. The maximum absolute atomic E-state index is 4.16. The Balaban J connectivity index is 2.26.